The summed E-state index contributed by atoms with van der Waals surface area (Å²) in [5.74, 6) is 0.534. The predicted molar refractivity (Wildman–Crippen MR) is 120 cm³/mol. The first kappa shape index (κ1) is 21.1. The van der Waals surface area contributed by atoms with Gasteiger partial charge in [0.25, 0.3) is 0 Å². The Balaban J connectivity index is 1.59. The fraction of sp³-hybridized carbons (Fsp3) is 0.320. The van der Waals surface area contributed by atoms with Gasteiger partial charge in [0.05, 0.1) is 17.8 Å². The van der Waals surface area contributed by atoms with Crippen molar-refractivity contribution < 1.29 is 9.18 Å². The average Bonchev–Trinajstić information content (AvgIpc) is 2.78. The van der Waals surface area contributed by atoms with Gasteiger partial charge in [0, 0.05) is 25.2 Å². The van der Waals surface area contributed by atoms with Gasteiger partial charge in [-0.25, -0.2) is 4.39 Å². The van der Waals surface area contributed by atoms with Crippen molar-refractivity contribution in [2.45, 2.75) is 39.4 Å². The maximum Gasteiger partial charge on any atom is 0.154 e. The summed E-state index contributed by atoms with van der Waals surface area (Å²) in [4.78, 5) is 16.4. The van der Waals surface area contributed by atoms with E-state index in [1.165, 1.54) is 17.7 Å². The van der Waals surface area contributed by atoms with Crippen LogP contribution in [0.2, 0.25) is 0 Å². The van der Waals surface area contributed by atoms with Crippen molar-refractivity contribution in [2.75, 3.05) is 18.0 Å². The van der Waals surface area contributed by atoms with Crippen LogP contribution in [0.1, 0.15) is 23.6 Å². The molecular weight excluding hydrogens is 391 g/mol. The number of hydrogen-bond acceptors (Lipinski definition) is 5. The van der Waals surface area contributed by atoms with Crippen LogP contribution in [0.3, 0.4) is 0 Å². The zero-order valence-corrected chi connectivity index (χ0v) is 18.1. The van der Waals surface area contributed by atoms with Gasteiger partial charge in [0.1, 0.15) is 12.1 Å². The molecule has 0 spiro atoms. The van der Waals surface area contributed by atoms with Crippen molar-refractivity contribution in [1.82, 2.24) is 15.1 Å². The number of carbonyl (C=O) groups is 1. The summed E-state index contributed by atoms with van der Waals surface area (Å²) in [6, 6.07) is 16.3. The lowest BCUT2D eigenvalue weighted by atomic mass is 10.00. The van der Waals surface area contributed by atoms with Crippen molar-refractivity contribution in [2.24, 2.45) is 0 Å². The normalized spacial score (nSPS) is 19.4. The molecule has 160 valence electrons. The van der Waals surface area contributed by atoms with Crippen molar-refractivity contribution >= 4 is 12.1 Å². The number of halogens is 1. The van der Waals surface area contributed by atoms with Crippen LogP contribution < -0.4 is 4.90 Å². The van der Waals surface area contributed by atoms with Crippen LogP contribution in [0.5, 0.6) is 0 Å². The number of nitrogens with zero attached hydrogens (tertiary/aromatic N) is 4. The lowest BCUT2D eigenvalue weighted by molar-refractivity contribution is -0.113. The molecule has 0 amide bonds. The van der Waals surface area contributed by atoms with Crippen molar-refractivity contribution in [3.8, 4) is 11.3 Å². The maximum atomic E-state index is 13.3. The summed E-state index contributed by atoms with van der Waals surface area (Å²) in [5.41, 5.74) is 4.84. The number of piperazine rings is 1. The molecule has 2 unspecified atom stereocenters. The molecule has 0 radical (unpaired) electrons. The number of aldehydes is 1. The SMILES string of the molecule is Cc1c(-c2ccc(F)cc2)nnc(N2CCN(Cc3ccccc3)C(C=O)C2C)c1C. The minimum absolute atomic E-state index is 0.0287. The minimum atomic E-state index is -0.273. The van der Waals surface area contributed by atoms with Gasteiger partial charge < -0.3 is 9.69 Å². The van der Waals surface area contributed by atoms with E-state index in [9.17, 15) is 9.18 Å². The van der Waals surface area contributed by atoms with Crippen molar-refractivity contribution in [3.63, 3.8) is 0 Å². The smallest absolute Gasteiger partial charge is 0.154 e. The zero-order chi connectivity index (χ0) is 22.0. The molecule has 3 aromatic rings. The third-order valence-corrected chi connectivity index (χ3v) is 6.29. The molecule has 2 aromatic carbocycles. The Morgan fingerprint density at radius 2 is 1.71 bits per heavy atom. The zero-order valence-electron chi connectivity index (χ0n) is 18.1. The Bertz CT molecular complexity index is 1060. The highest BCUT2D eigenvalue weighted by molar-refractivity contribution is 5.68. The monoisotopic (exact) mass is 418 g/mol. The minimum Gasteiger partial charge on any atom is -0.349 e. The molecule has 2 atom stereocenters. The fourth-order valence-electron chi connectivity index (χ4n) is 4.33. The third kappa shape index (κ3) is 4.21. The molecule has 0 aliphatic carbocycles. The Labute approximate surface area is 182 Å². The molecule has 0 saturated carbocycles. The van der Waals surface area contributed by atoms with Crippen molar-refractivity contribution in [1.29, 1.82) is 0 Å². The molecule has 1 aromatic heterocycles. The summed E-state index contributed by atoms with van der Waals surface area (Å²) < 4.78 is 13.3. The van der Waals surface area contributed by atoms with Crippen LogP contribution in [-0.4, -0.2) is 46.6 Å². The quantitative estimate of drug-likeness (QED) is 0.582. The first-order valence-corrected chi connectivity index (χ1v) is 10.6. The van der Waals surface area contributed by atoms with Gasteiger partial charge >= 0.3 is 0 Å². The van der Waals surface area contributed by atoms with Gasteiger partial charge in [0.2, 0.25) is 0 Å². The summed E-state index contributed by atoms with van der Waals surface area (Å²) in [5, 5.41) is 9.01. The first-order valence-electron chi connectivity index (χ1n) is 10.6. The number of rotatable bonds is 5. The van der Waals surface area contributed by atoms with E-state index in [1.807, 2.05) is 32.0 Å². The second-order valence-electron chi connectivity index (χ2n) is 8.15. The standard InChI is InChI=1S/C25H27FN4O/c1-17-18(2)25(28-27-24(17)21-9-11-22(26)12-10-21)30-14-13-29(23(16-31)19(30)3)15-20-7-5-4-6-8-20/h4-12,16,19,23H,13-15H2,1-3H3. The Morgan fingerprint density at radius 3 is 2.39 bits per heavy atom. The number of aromatic nitrogens is 2. The van der Waals surface area contributed by atoms with E-state index in [-0.39, 0.29) is 17.9 Å². The second kappa shape index (κ2) is 8.94. The number of anilines is 1. The van der Waals surface area contributed by atoms with Crippen LogP contribution in [0.25, 0.3) is 11.3 Å². The van der Waals surface area contributed by atoms with E-state index in [0.29, 0.717) is 0 Å². The lowest BCUT2D eigenvalue weighted by Gasteiger charge is -2.45. The van der Waals surface area contributed by atoms with Gasteiger partial charge in [0.15, 0.2) is 5.82 Å². The van der Waals surface area contributed by atoms with Crippen LogP contribution in [0.15, 0.2) is 54.6 Å². The molecule has 1 aliphatic rings. The lowest BCUT2D eigenvalue weighted by Crippen LogP contribution is -2.59. The van der Waals surface area contributed by atoms with E-state index in [4.69, 9.17) is 0 Å². The Hall–Kier alpha value is -3.12. The number of hydrogen-bond donors (Lipinski definition) is 0. The first-order chi connectivity index (χ1) is 15.0. The third-order valence-electron chi connectivity index (χ3n) is 6.29. The number of benzene rings is 2. The maximum absolute atomic E-state index is 13.3. The number of carbonyl (C=O) groups excluding carboxylic acids is 1. The predicted octanol–water partition coefficient (Wildman–Crippen LogP) is 4.18. The highest BCUT2D eigenvalue weighted by atomic mass is 19.1. The van der Waals surface area contributed by atoms with Crippen LogP contribution in [-0.2, 0) is 11.3 Å². The molecule has 5 nitrogen and oxygen atoms in total. The van der Waals surface area contributed by atoms with Crippen molar-refractivity contribution in [3.05, 3.63) is 77.1 Å². The van der Waals surface area contributed by atoms with Gasteiger partial charge in [-0.05, 0) is 61.7 Å². The molecule has 1 fully saturated rings. The van der Waals surface area contributed by atoms with Gasteiger partial charge in [-0.15, -0.1) is 10.2 Å². The summed E-state index contributed by atoms with van der Waals surface area (Å²) in [6.45, 7) is 8.40. The molecule has 6 heteroatoms. The summed E-state index contributed by atoms with van der Waals surface area (Å²) in [7, 11) is 0. The molecule has 0 bridgehead atoms. The van der Waals surface area contributed by atoms with E-state index in [2.05, 4.69) is 39.1 Å². The molecule has 2 heterocycles. The van der Waals surface area contributed by atoms with Crippen LogP contribution in [0.4, 0.5) is 10.2 Å². The molecule has 4 rings (SSSR count). The molecule has 1 aliphatic heterocycles. The fourth-order valence-corrected chi connectivity index (χ4v) is 4.33. The van der Waals surface area contributed by atoms with E-state index >= 15 is 0 Å². The van der Waals surface area contributed by atoms with Gasteiger partial charge in [-0.3, -0.25) is 4.90 Å². The Morgan fingerprint density at radius 1 is 1.00 bits per heavy atom. The van der Waals surface area contributed by atoms with Gasteiger partial charge in [-0.2, -0.15) is 0 Å². The molecule has 0 N–H and O–H groups in total. The van der Waals surface area contributed by atoms with E-state index in [0.717, 1.165) is 54.1 Å². The molecule has 1 saturated heterocycles. The highest BCUT2D eigenvalue weighted by Gasteiger charge is 2.35. The second-order valence-corrected chi connectivity index (χ2v) is 8.15. The van der Waals surface area contributed by atoms with Gasteiger partial charge in [-0.1, -0.05) is 30.3 Å². The summed E-state index contributed by atoms with van der Waals surface area (Å²) >= 11 is 0. The Kier molecular flexibility index (Phi) is 6.09. The van der Waals surface area contributed by atoms with Crippen LogP contribution in [0, 0.1) is 19.7 Å². The summed E-state index contributed by atoms with van der Waals surface area (Å²) in [6.07, 6.45) is 1.04. The average molecular weight is 419 g/mol. The topological polar surface area (TPSA) is 49.3 Å². The van der Waals surface area contributed by atoms with E-state index < -0.39 is 0 Å². The molecule has 31 heavy (non-hydrogen) atoms. The molecular formula is C25H27FN4O. The largest absolute Gasteiger partial charge is 0.349 e. The highest BCUT2D eigenvalue weighted by Crippen LogP contribution is 2.31. The van der Waals surface area contributed by atoms with Crippen LogP contribution >= 0.6 is 0 Å². The van der Waals surface area contributed by atoms with E-state index in [1.54, 1.807) is 12.1 Å².